The van der Waals surface area contributed by atoms with E-state index in [4.69, 9.17) is 0 Å². The van der Waals surface area contributed by atoms with Gasteiger partial charge in [-0.05, 0) is 0 Å². The molecule has 1 aromatic heterocycles. The Hall–Kier alpha value is -1.50. The Balaban J connectivity index is 2.16. The maximum atomic E-state index is 12.9. The summed E-state index contributed by atoms with van der Waals surface area (Å²) >= 11 is 0. The van der Waals surface area contributed by atoms with Crippen molar-refractivity contribution in [1.82, 2.24) is 15.1 Å². The van der Waals surface area contributed by atoms with Crippen LogP contribution < -0.4 is 5.32 Å². The van der Waals surface area contributed by atoms with Gasteiger partial charge in [-0.2, -0.15) is 13.9 Å². The van der Waals surface area contributed by atoms with Crippen LogP contribution in [-0.2, 0) is 16.6 Å². The highest BCUT2D eigenvalue weighted by Gasteiger charge is 2.46. The zero-order chi connectivity index (χ0) is 11.1. The lowest BCUT2D eigenvalue weighted by molar-refractivity contribution is -0.262. The van der Waals surface area contributed by atoms with Gasteiger partial charge in [-0.3, -0.25) is 9.48 Å². The molecule has 0 aliphatic carbocycles. The summed E-state index contributed by atoms with van der Waals surface area (Å²) in [5.74, 6) is -1.40. The van der Waals surface area contributed by atoms with Gasteiger partial charge in [0.25, 0.3) is 0 Å². The molecule has 1 unspecified atom stereocenters. The van der Waals surface area contributed by atoms with Crippen molar-refractivity contribution in [2.45, 2.75) is 12.2 Å². The highest BCUT2D eigenvalue weighted by molar-refractivity contribution is 5.82. The van der Waals surface area contributed by atoms with Crippen LogP contribution in [0.1, 0.15) is 11.7 Å². The lowest BCUT2D eigenvalue weighted by Crippen LogP contribution is -2.50. The van der Waals surface area contributed by atoms with Crippen molar-refractivity contribution in [2.75, 3.05) is 6.54 Å². The van der Waals surface area contributed by atoms with Crippen LogP contribution in [0.15, 0.2) is 12.4 Å². The van der Waals surface area contributed by atoms with Crippen LogP contribution in [0.2, 0.25) is 0 Å². The van der Waals surface area contributed by atoms with Crippen molar-refractivity contribution in [3.63, 3.8) is 0 Å². The van der Waals surface area contributed by atoms with Gasteiger partial charge in [0.2, 0.25) is 0 Å². The van der Waals surface area contributed by atoms with E-state index < -0.39 is 18.1 Å². The summed E-state index contributed by atoms with van der Waals surface area (Å²) in [6, 6.07) is 0. The molecule has 0 bridgehead atoms. The van der Waals surface area contributed by atoms with E-state index in [2.05, 4.69) is 15.2 Å². The maximum Gasteiger partial charge on any atom is 0.437 e. The third-order valence-electron chi connectivity index (χ3n) is 2.10. The molecule has 0 aromatic carbocycles. The predicted molar refractivity (Wildman–Crippen MR) is 45.0 cm³/mol. The molecule has 0 saturated carbocycles. The number of nitrogens with zero attached hydrogens (tertiary/aromatic N) is 2. The largest absolute Gasteiger partial charge is 0.437 e. The fourth-order valence-corrected chi connectivity index (χ4v) is 1.35. The molecule has 0 spiro atoms. The number of alkyl halides is 2. The van der Waals surface area contributed by atoms with E-state index in [-0.39, 0.29) is 6.54 Å². The summed E-state index contributed by atoms with van der Waals surface area (Å²) in [5, 5.41) is 5.92. The van der Waals surface area contributed by atoms with Crippen molar-refractivity contribution in [3.8, 4) is 0 Å². The summed E-state index contributed by atoms with van der Waals surface area (Å²) in [7, 11) is 1.67. The van der Waals surface area contributed by atoms with E-state index in [9.17, 15) is 13.6 Å². The molecule has 1 atom stereocenters. The summed E-state index contributed by atoms with van der Waals surface area (Å²) in [6.45, 7) is 0.0279. The number of nitrogens with one attached hydrogen (secondary N) is 1. The third kappa shape index (κ3) is 1.82. The van der Waals surface area contributed by atoms with Gasteiger partial charge in [0, 0.05) is 25.4 Å². The number of aryl methyl sites for hydroxylation is 1. The van der Waals surface area contributed by atoms with E-state index >= 15 is 0 Å². The number of carbonyl (C=O) groups excluding carboxylic acids is 1. The highest BCUT2D eigenvalue weighted by Crippen LogP contribution is 2.29. The van der Waals surface area contributed by atoms with Crippen LogP contribution in [0.25, 0.3) is 0 Å². The van der Waals surface area contributed by atoms with Gasteiger partial charge in [-0.25, -0.2) is 0 Å². The summed E-state index contributed by atoms with van der Waals surface area (Å²) in [5.41, 5.74) is 0.511. The van der Waals surface area contributed by atoms with Crippen LogP contribution in [0.4, 0.5) is 8.78 Å². The smallest absolute Gasteiger partial charge is 0.346 e. The molecule has 1 saturated heterocycles. The second-order valence-electron chi connectivity index (χ2n) is 3.28. The average Bonchev–Trinajstić information content (AvgIpc) is 2.57. The fourth-order valence-electron chi connectivity index (χ4n) is 1.35. The number of hydrogen-bond acceptors (Lipinski definition) is 3. The zero-order valence-electron chi connectivity index (χ0n) is 7.91. The molecular formula is C8H9F2N3O2. The van der Waals surface area contributed by atoms with Gasteiger partial charge in [-0.15, -0.1) is 0 Å². The minimum absolute atomic E-state index is 0.0279. The summed E-state index contributed by atoms with van der Waals surface area (Å²) in [4.78, 5) is 10.7. The Kier molecular flexibility index (Phi) is 2.18. The minimum atomic E-state index is -3.77. The Morgan fingerprint density at radius 1 is 1.73 bits per heavy atom. The van der Waals surface area contributed by atoms with Crippen molar-refractivity contribution in [2.24, 2.45) is 7.05 Å². The lowest BCUT2D eigenvalue weighted by Gasteiger charge is -2.28. The predicted octanol–water partition coefficient (Wildman–Crippen LogP) is 0.200. The SMILES string of the molecule is Cn1cc(C2CNC(=O)C(F)(F)O2)cn1. The normalized spacial score (nSPS) is 25.0. The van der Waals surface area contributed by atoms with E-state index in [1.807, 2.05) is 0 Å². The minimum Gasteiger partial charge on any atom is -0.346 e. The van der Waals surface area contributed by atoms with E-state index in [0.29, 0.717) is 5.56 Å². The van der Waals surface area contributed by atoms with E-state index in [1.165, 1.54) is 10.9 Å². The Labute approximate surface area is 84.0 Å². The first-order valence-electron chi connectivity index (χ1n) is 4.31. The molecule has 1 N–H and O–H groups in total. The molecule has 15 heavy (non-hydrogen) atoms. The van der Waals surface area contributed by atoms with Crippen molar-refractivity contribution in [1.29, 1.82) is 0 Å². The number of ether oxygens (including phenoxy) is 1. The van der Waals surface area contributed by atoms with Crippen molar-refractivity contribution < 1.29 is 18.3 Å². The Bertz CT molecular complexity index is 391. The fraction of sp³-hybridized carbons (Fsp3) is 0.500. The van der Waals surface area contributed by atoms with Crippen molar-refractivity contribution >= 4 is 5.91 Å². The summed E-state index contributed by atoms with van der Waals surface area (Å²) in [6.07, 6.45) is -1.62. The molecule has 0 radical (unpaired) electrons. The first kappa shape index (κ1) is 10.0. The van der Waals surface area contributed by atoms with Gasteiger partial charge < -0.3 is 10.1 Å². The highest BCUT2D eigenvalue weighted by atomic mass is 19.3. The molecule has 2 rings (SSSR count). The second-order valence-corrected chi connectivity index (χ2v) is 3.28. The van der Waals surface area contributed by atoms with Crippen LogP contribution >= 0.6 is 0 Å². The van der Waals surface area contributed by atoms with Crippen LogP contribution in [-0.4, -0.2) is 28.3 Å². The number of morpholine rings is 1. The van der Waals surface area contributed by atoms with Gasteiger partial charge in [0.1, 0.15) is 6.10 Å². The van der Waals surface area contributed by atoms with E-state index in [1.54, 1.807) is 13.2 Å². The number of rotatable bonds is 1. The number of carbonyl (C=O) groups is 1. The first-order chi connectivity index (χ1) is 6.99. The molecule has 1 amide bonds. The van der Waals surface area contributed by atoms with Crippen LogP contribution in [0, 0.1) is 0 Å². The maximum absolute atomic E-state index is 12.9. The Morgan fingerprint density at radius 3 is 3.00 bits per heavy atom. The Morgan fingerprint density at radius 2 is 2.47 bits per heavy atom. The third-order valence-corrected chi connectivity index (χ3v) is 2.10. The number of hydrogen-bond donors (Lipinski definition) is 1. The van der Waals surface area contributed by atoms with Gasteiger partial charge >= 0.3 is 12.0 Å². The molecule has 1 aliphatic heterocycles. The van der Waals surface area contributed by atoms with Gasteiger partial charge in [0.05, 0.1) is 6.20 Å². The topological polar surface area (TPSA) is 56.2 Å². The first-order valence-corrected chi connectivity index (χ1v) is 4.31. The molecule has 1 aromatic rings. The lowest BCUT2D eigenvalue weighted by atomic mass is 10.2. The quantitative estimate of drug-likeness (QED) is 0.731. The zero-order valence-corrected chi connectivity index (χ0v) is 7.91. The number of amides is 1. The molecule has 1 aliphatic rings. The van der Waals surface area contributed by atoms with Crippen LogP contribution in [0.5, 0.6) is 0 Å². The van der Waals surface area contributed by atoms with Gasteiger partial charge in [-0.1, -0.05) is 0 Å². The van der Waals surface area contributed by atoms with Crippen LogP contribution in [0.3, 0.4) is 0 Å². The molecule has 82 valence electrons. The second kappa shape index (κ2) is 3.27. The van der Waals surface area contributed by atoms with E-state index in [0.717, 1.165) is 0 Å². The molecule has 5 nitrogen and oxygen atoms in total. The molecule has 1 fully saturated rings. The van der Waals surface area contributed by atoms with Crippen molar-refractivity contribution in [3.05, 3.63) is 18.0 Å². The molecule has 2 heterocycles. The molecule has 7 heteroatoms. The molecular weight excluding hydrogens is 208 g/mol. The van der Waals surface area contributed by atoms with Gasteiger partial charge in [0.15, 0.2) is 0 Å². The number of aromatic nitrogens is 2. The monoisotopic (exact) mass is 217 g/mol. The summed E-state index contributed by atoms with van der Waals surface area (Å²) < 4.78 is 31.6. The number of halogens is 2. The standard InChI is InChI=1S/C8H9F2N3O2/c1-13-4-5(2-12-13)6-3-11-7(14)8(9,10)15-6/h2,4,6H,3H2,1H3,(H,11,14). The average molecular weight is 217 g/mol.